The van der Waals surface area contributed by atoms with Crippen molar-refractivity contribution >= 4 is 16.7 Å². The number of nitriles is 1. The maximum absolute atomic E-state index is 12.7. The lowest BCUT2D eigenvalue weighted by Crippen LogP contribution is -2.47. The van der Waals surface area contributed by atoms with E-state index in [1.165, 1.54) is 0 Å². The van der Waals surface area contributed by atoms with Crippen molar-refractivity contribution in [3.8, 4) is 6.07 Å². The highest BCUT2D eigenvalue weighted by Crippen LogP contribution is 2.19. The SMILES string of the molecule is Cn1c(=O)c(CN2CCN(c3ncccc3C#N)CC2)cc2ccccc21. The van der Waals surface area contributed by atoms with Gasteiger partial charge in [0.1, 0.15) is 11.9 Å². The first-order valence-electron chi connectivity index (χ1n) is 9.07. The Balaban J connectivity index is 1.50. The molecule has 2 aromatic heterocycles. The van der Waals surface area contributed by atoms with E-state index in [0.717, 1.165) is 48.5 Å². The lowest BCUT2D eigenvalue weighted by Gasteiger charge is -2.35. The zero-order valence-corrected chi connectivity index (χ0v) is 15.3. The zero-order chi connectivity index (χ0) is 18.8. The molecular weight excluding hydrogens is 338 g/mol. The molecule has 1 aromatic carbocycles. The largest absolute Gasteiger partial charge is 0.353 e. The predicted octanol–water partition coefficient (Wildman–Crippen LogP) is 2.13. The summed E-state index contributed by atoms with van der Waals surface area (Å²) in [5, 5.41) is 10.4. The van der Waals surface area contributed by atoms with Crippen molar-refractivity contribution in [1.82, 2.24) is 14.5 Å². The summed E-state index contributed by atoms with van der Waals surface area (Å²) in [6, 6.07) is 15.8. The molecule has 6 nitrogen and oxygen atoms in total. The molecule has 0 aliphatic carbocycles. The van der Waals surface area contributed by atoms with Crippen LogP contribution in [0.1, 0.15) is 11.1 Å². The Morgan fingerprint density at radius 1 is 1.11 bits per heavy atom. The Bertz CT molecular complexity index is 1070. The second kappa shape index (κ2) is 7.22. The Morgan fingerprint density at radius 2 is 1.89 bits per heavy atom. The molecule has 3 heterocycles. The second-order valence-corrected chi connectivity index (χ2v) is 6.84. The van der Waals surface area contributed by atoms with Crippen LogP contribution in [0.3, 0.4) is 0 Å². The van der Waals surface area contributed by atoms with Crippen LogP contribution >= 0.6 is 0 Å². The number of nitrogens with zero attached hydrogens (tertiary/aromatic N) is 5. The molecule has 1 aliphatic heterocycles. The maximum Gasteiger partial charge on any atom is 0.255 e. The van der Waals surface area contributed by atoms with Gasteiger partial charge in [-0.15, -0.1) is 0 Å². The van der Waals surface area contributed by atoms with E-state index < -0.39 is 0 Å². The molecule has 1 aliphatic rings. The van der Waals surface area contributed by atoms with E-state index in [1.54, 1.807) is 22.9 Å². The zero-order valence-electron chi connectivity index (χ0n) is 15.3. The molecule has 0 saturated carbocycles. The van der Waals surface area contributed by atoms with Crippen LogP contribution in [0.15, 0.2) is 53.5 Å². The number of anilines is 1. The molecule has 1 fully saturated rings. The van der Waals surface area contributed by atoms with Crippen LogP contribution in [0.4, 0.5) is 5.82 Å². The van der Waals surface area contributed by atoms with Gasteiger partial charge < -0.3 is 9.47 Å². The summed E-state index contributed by atoms with van der Waals surface area (Å²) in [6.45, 7) is 3.88. The van der Waals surface area contributed by atoms with Crippen LogP contribution in [0.5, 0.6) is 0 Å². The van der Waals surface area contributed by atoms with Crippen molar-refractivity contribution in [2.24, 2.45) is 7.05 Å². The highest BCUT2D eigenvalue weighted by atomic mass is 16.1. The number of para-hydroxylation sites is 1. The van der Waals surface area contributed by atoms with Gasteiger partial charge in [-0.1, -0.05) is 18.2 Å². The van der Waals surface area contributed by atoms with Gasteiger partial charge in [-0.05, 0) is 29.7 Å². The average molecular weight is 359 g/mol. The Hall–Kier alpha value is -3.17. The Labute approximate surface area is 157 Å². The van der Waals surface area contributed by atoms with Gasteiger partial charge in [-0.2, -0.15) is 5.26 Å². The third-order valence-corrected chi connectivity index (χ3v) is 5.18. The molecule has 0 N–H and O–H groups in total. The summed E-state index contributed by atoms with van der Waals surface area (Å²) >= 11 is 0. The molecule has 0 unspecified atom stereocenters. The van der Waals surface area contributed by atoms with Gasteiger partial charge >= 0.3 is 0 Å². The van der Waals surface area contributed by atoms with Gasteiger partial charge in [0.25, 0.3) is 5.56 Å². The number of aromatic nitrogens is 2. The van der Waals surface area contributed by atoms with Crippen LogP contribution in [0, 0.1) is 11.3 Å². The number of piperazine rings is 1. The number of hydrogen-bond donors (Lipinski definition) is 0. The van der Waals surface area contributed by atoms with Crippen LogP contribution in [-0.4, -0.2) is 40.6 Å². The van der Waals surface area contributed by atoms with Crippen LogP contribution in [0.2, 0.25) is 0 Å². The van der Waals surface area contributed by atoms with Crippen molar-refractivity contribution in [3.63, 3.8) is 0 Å². The summed E-state index contributed by atoms with van der Waals surface area (Å²) in [5.41, 5.74) is 2.44. The van der Waals surface area contributed by atoms with Gasteiger partial charge in [-0.25, -0.2) is 4.98 Å². The van der Waals surface area contributed by atoms with E-state index in [9.17, 15) is 10.1 Å². The second-order valence-electron chi connectivity index (χ2n) is 6.84. The standard InChI is InChI=1S/C21H21N5O/c1-24-19-7-3-2-5-16(19)13-18(21(24)27)15-25-9-11-26(12-10-25)20-17(14-22)6-4-8-23-20/h2-8,13H,9-12,15H2,1H3. The average Bonchev–Trinajstić information content (AvgIpc) is 2.72. The maximum atomic E-state index is 12.7. The van der Waals surface area contributed by atoms with Gasteiger partial charge in [0.05, 0.1) is 11.1 Å². The fraction of sp³-hybridized carbons (Fsp3) is 0.286. The molecule has 4 rings (SSSR count). The third kappa shape index (κ3) is 3.29. The summed E-state index contributed by atoms with van der Waals surface area (Å²) in [5.74, 6) is 0.751. The molecule has 0 spiro atoms. The third-order valence-electron chi connectivity index (χ3n) is 5.18. The van der Waals surface area contributed by atoms with Gasteiger partial charge in [-0.3, -0.25) is 9.69 Å². The summed E-state index contributed by atoms with van der Waals surface area (Å²) in [7, 11) is 1.83. The molecule has 1 saturated heterocycles. The molecule has 0 bridgehead atoms. The monoisotopic (exact) mass is 359 g/mol. The predicted molar refractivity (Wildman–Crippen MR) is 106 cm³/mol. The fourth-order valence-corrected chi connectivity index (χ4v) is 3.70. The molecule has 6 heteroatoms. The van der Waals surface area contributed by atoms with Gasteiger partial charge in [0, 0.05) is 51.5 Å². The minimum atomic E-state index is 0.0626. The molecule has 3 aromatic rings. The molecule has 0 atom stereocenters. The van der Waals surface area contributed by atoms with E-state index in [0.29, 0.717) is 12.1 Å². The molecular formula is C21H21N5O. The number of fused-ring (bicyclic) bond motifs is 1. The molecule has 27 heavy (non-hydrogen) atoms. The van der Waals surface area contributed by atoms with E-state index in [1.807, 2.05) is 37.4 Å². The molecule has 136 valence electrons. The van der Waals surface area contributed by atoms with Gasteiger partial charge in [0.15, 0.2) is 0 Å². The Morgan fingerprint density at radius 3 is 2.67 bits per heavy atom. The van der Waals surface area contributed by atoms with E-state index >= 15 is 0 Å². The lowest BCUT2D eigenvalue weighted by atomic mass is 10.1. The number of rotatable bonds is 3. The van der Waals surface area contributed by atoms with E-state index in [4.69, 9.17) is 0 Å². The van der Waals surface area contributed by atoms with Crippen molar-refractivity contribution in [2.75, 3.05) is 31.1 Å². The van der Waals surface area contributed by atoms with Crippen molar-refractivity contribution in [3.05, 3.63) is 70.1 Å². The Kier molecular flexibility index (Phi) is 4.61. The number of aryl methyl sites for hydroxylation is 1. The fourth-order valence-electron chi connectivity index (χ4n) is 3.70. The van der Waals surface area contributed by atoms with E-state index in [2.05, 4.69) is 20.9 Å². The summed E-state index contributed by atoms with van der Waals surface area (Å²) in [4.78, 5) is 21.5. The van der Waals surface area contributed by atoms with Gasteiger partial charge in [0.2, 0.25) is 0 Å². The first-order chi connectivity index (χ1) is 13.2. The number of pyridine rings is 2. The summed E-state index contributed by atoms with van der Waals surface area (Å²) in [6.07, 6.45) is 1.72. The van der Waals surface area contributed by atoms with Crippen LogP contribution < -0.4 is 10.5 Å². The van der Waals surface area contributed by atoms with Crippen LogP contribution in [-0.2, 0) is 13.6 Å². The number of benzene rings is 1. The topological polar surface area (TPSA) is 65.2 Å². The van der Waals surface area contributed by atoms with Crippen LogP contribution in [0.25, 0.3) is 10.9 Å². The van der Waals surface area contributed by atoms with Crippen molar-refractivity contribution in [1.29, 1.82) is 5.26 Å². The highest BCUT2D eigenvalue weighted by Gasteiger charge is 2.21. The molecule has 0 radical (unpaired) electrons. The smallest absolute Gasteiger partial charge is 0.255 e. The van der Waals surface area contributed by atoms with Crippen molar-refractivity contribution in [2.45, 2.75) is 6.54 Å². The van der Waals surface area contributed by atoms with Crippen molar-refractivity contribution < 1.29 is 0 Å². The first-order valence-corrected chi connectivity index (χ1v) is 9.07. The number of hydrogen-bond acceptors (Lipinski definition) is 5. The normalized spacial score (nSPS) is 15.0. The summed E-state index contributed by atoms with van der Waals surface area (Å²) < 4.78 is 1.73. The minimum absolute atomic E-state index is 0.0626. The lowest BCUT2D eigenvalue weighted by molar-refractivity contribution is 0.248. The quantitative estimate of drug-likeness (QED) is 0.717. The first kappa shape index (κ1) is 17.3. The molecule has 0 amide bonds. The minimum Gasteiger partial charge on any atom is -0.353 e. The van der Waals surface area contributed by atoms with E-state index in [-0.39, 0.29) is 5.56 Å². The highest BCUT2D eigenvalue weighted by molar-refractivity contribution is 5.79.